The monoisotopic (exact) mass is 428 g/mol. The Morgan fingerprint density at radius 1 is 1.19 bits per heavy atom. The van der Waals surface area contributed by atoms with Crippen molar-refractivity contribution in [2.24, 2.45) is 5.92 Å². The molecule has 1 aromatic heterocycles. The quantitative estimate of drug-likeness (QED) is 0.608. The fourth-order valence-electron chi connectivity index (χ4n) is 4.69. The van der Waals surface area contributed by atoms with Crippen LogP contribution in [-0.4, -0.2) is 76.0 Å². The molecule has 4 rings (SSSR count). The summed E-state index contributed by atoms with van der Waals surface area (Å²) in [7, 11) is 1.72. The van der Waals surface area contributed by atoms with Gasteiger partial charge in [0.05, 0.1) is 25.8 Å². The van der Waals surface area contributed by atoms with E-state index in [0.29, 0.717) is 5.92 Å². The number of nitrogens with zero attached hydrogens (tertiary/aromatic N) is 6. The molecular formula is C23H36N6O2. The lowest BCUT2D eigenvalue weighted by Gasteiger charge is -2.39. The van der Waals surface area contributed by atoms with Crippen LogP contribution in [-0.2, 0) is 17.8 Å². The number of methoxy groups -OCH3 is 1. The highest BCUT2D eigenvalue weighted by Crippen LogP contribution is 2.28. The third-order valence-corrected chi connectivity index (χ3v) is 6.34. The van der Waals surface area contributed by atoms with Gasteiger partial charge in [0.25, 0.3) is 0 Å². The van der Waals surface area contributed by atoms with Crippen molar-refractivity contribution in [2.45, 2.75) is 58.3 Å². The van der Waals surface area contributed by atoms with Gasteiger partial charge < -0.3 is 9.47 Å². The van der Waals surface area contributed by atoms with Crippen molar-refractivity contribution in [3.05, 3.63) is 35.7 Å². The van der Waals surface area contributed by atoms with Crippen molar-refractivity contribution in [3.63, 3.8) is 0 Å². The molecule has 2 fully saturated rings. The van der Waals surface area contributed by atoms with Crippen LogP contribution in [0.2, 0.25) is 0 Å². The first-order valence-electron chi connectivity index (χ1n) is 11.6. The van der Waals surface area contributed by atoms with E-state index in [9.17, 15) is 0 Å². The maximum absolute atomic E-state index is 5.83. The maximum Gasteiger partial charge on any atom is 0.168 e. The SMILES string of the molecule is COc1cccc(CN2CCN(C(CC(C)C)c3nnnn3CC3CCCO3)CC2)c1. The van der Waals surface area contributed by atoms with Gasteiger partial charge in [0.15, 0.2) is 5.82 Å². The first-order chi connectivity index (χ1) is 15.1. The molecule has 0 spiro atoms. The summed E-state index contributed by atoms with van der Waals surface area (Å²) in [5.74, 6) is 2.49. The molecule has 2 unspecified atom stereocenters. The molecule has 1 aromatic carbocycles. The first kappa shape index (κ1) is 22.2. The molecule has 0 saturated carbocycles. The van der Waals surface area contributed by atoms with Gasteiger partial charge in [-0.3, -0.25) is 9.80 Å². The van der Waals surface area contributed by atoms with E-state index < -0.39 is 0 Å². The minimum Gasteiger partial charge on any atom is -0.497 e. The molecule has 3 heterocycles. The molecule has 0 N–H and O–H groups in total. The minimum absolute atomic E-state index is 0.238. The molecule has 0 bridgehead atoms. The van der Waals surface area contributed by atoms with Gasteiger partial charge >= 0.3 is 0 Å². The fourth-order valence-corrected chi connectivity index (χ4v) is 4.69. The lowest BCUT2D eigenvalue weighted by atomic mass is 10.0. The Kier molecular flexibility index (Phi) is 7.53. The second kappa shape index (κ2) is 10.5. The molecule has 31 heavy (non-hydrogen) atoms. The summed E-state index contributed by atoms with van der Waals surface area (Å²) in [6.07, 6.45) is 3.52. The Labute approximate surface area is 185 Å². The van der Waals surface area contributed by atoms with Crippen LogP contribution >= 0.6 is 0 Å². The zero-order chi connectivity index (χ0) is 21.6. The fraction of sp³-hybridized carbons (Fsp3) is 0.696. The van der Waals surface area contributed by atoms with Crippen LogP contribution in [0.25, 0.3) is 0 Å². The summed E-state index contributed by atoms with van der Waals surface area (Å²) in [6, 6.07) is 8.62. The van der Waals surface area contributed by atoms with E-state index in [1.807, 2.05) is 10.7 Å². The van der Waals surface area contributed by atoms with Gasteiger partial charge in [-0.1, -0.05) is 26.0 Å². The van der Waals surface area contributed by atoms with Crippen LogP contribution in [0.15, 0.2) is 24.3 Å². The van der Waals surface area contributed by atoms with Crippen molar-refractivity contribution < 1.29 is 9.47 Å². The molecule has 2 saturated heterocycles. The summed E-state index contributed by atoms with van der Waals surface area (Å²) in [5, 5.41) is 12.8. The van der Waals surface area contributed by atoms with Crippen LogP contribution in [0.4, 0.5) is 0 Å². The van der Waals surface area contributed by atoms with Crippen molar-refractivity contribution in [2.75, 3.05) is 39.9 Å². The van der Waals surface area contributed by atoms with Gasteiger partial charge in [0.2, 0.25) is 0 Å². The lowest BCUT2D eigenvalue weighted by molar-refractivity contribution is 0.0697. The second-order valence-electron chi connectivity index (χ2n) is 9.16. The van der Waals surface area contributed by atoms with Gasteiger partial charge in [0, 0.05) is 39.3 Å². The molecule has 8 nitrogen and oxygen atoms in total. The van der Waals surface area contributed by atoms with E-state index in [1.165, 1.54) is 5.56 Å². The predicted molar refractivity (Wildman–Crippen MR) is 119 cm³/mol. The zero-order valence-corrected chi connectivity index (χ0v) is 19.1. The highest BCUT2D eigenvalue weighted by Gasteiger charge is 2.30. The van der Waals surface area contributed by atoms with Crippen molar-refractivity contribution >= 4 is 0 Å². The molecule has 0 radical (unpaired) electrons. The normalized spacial score (nSPS) is 21.6. The molecule has 0 amide bonds. The average Bonchev–Trinajstić information content (AvgIpc) is 3.45. The van der Waals surface area contributed by atoms with Gasteiger partial charge in [-0.05, 0) is 53.3 Å². The third-order valence-electron chi connectivity index (χ3n) is 6.34. The van der Waals surface area contributed by atoms with Crippen LogP contribution in [0, 0.1) is 5.92 Å². The topological polar surface area (TPSA) is 68.5 Å². The van der Waals surface area contributed by atoms with Crippen molar-refractivity contribution in [1.29, 1.82) is 0 Å². The standard InChI is InChI=1S/C23H36N6O2/c1-18(2)14-22(23-24-25-26-29(23)17-21-8-5-13-31-21)28-11-9-27(10-12-28)16-19-6-4-7-20(15-19)30-3/h4,6-7,15,18,21-22H,5,8-14,16-17H2,1-3H3. The molecule has 0 aliphatic carbocycles. The van der Waals surface area contributed by atoms with E-state index in [1.54, 1.807) is 7.11 Å². The van der Waals surface area contributed by atoms with Gasteiger partial charge in [-0.15, -0.1) is 5.10 Å². The number of hydrogen-bond donors (Lipinski definition) is 0. The molecule has 2 atom stereocenters. The van der Waals surface area contributed by atoms with E-state index in [2.05, 4.69) is 57.4 Å². The number of rotatable bonds is 9. The number of piperazine rings is 1. The Balaban J connectivity index is 1.40. The Morgan fingerprint density at radius 3 is 2.74 bits per heavy atom. The van der Waals surface area contributed by atoms with E-state index >= 15 is 0 Å². The molecule has 2 aliphatic heterocycles. The van der Waals surface area contributed by atoms with Crippen LogP contribution < -0.4 is 4.74 Å². The molecular weight excluding hydrogens is 392 g/mol. The zero-order valence-electron chi connectivity index (χ0n) is 19.1. The second-order valence-corrected chi connectivity index (χ2v) is 9.16. The van der Waals surface area contributed by atoms with Gasteiger partial charge in [0.1, 0.15) is 5.75 Å². The molecule has 170 valence electrons. The largest absolute Gasteiger partial charge is 0.497 e. The Bertz CT molecular complexity index is 812. The predicted octanol–water partition coefficient (Wildman–Crippen LogP) is 2.77. The molecule has 8 heteroatoms. The number of hydrogen-bond acceptors (Lipinski definition) is 7. The van der Waals surface area contributed by atoms with Gasteiger partial charge in [-0.25, -0.2) is 4.68 Å². The smallest absolute Gasteiger partial charge is 0.168 e. The van der Waals surface area contributed by atoms with Crippen molar-refractivity contribution in [1.82, 2.24) is 30.0 Å². The average molecular weight is 429 g/mol. The van der Waals surface area contributed by atoms with E-state index in [-0.39, 0.29) is 12.1 Å². The van der Waals surface area contributed by atoms with Crippen LogP contribution in [0.3, 0.4) is 0 Å². The molecule has 2 aliphatic rings. The summed E-state index contributed by atoms with van der Waals surface area (Å²) in [5.41, 5.74) is 1.30. The summed E-state index contributed by atoms with van der Waals surface area (Å²) in [4.78, 5) is 5.09. The first-order valence-corrected chi connectivity index (χ1v) is 11.6. The van der Waals surface area contributed by atoms with E-state index in [4.69, 9.17) is 9.47 Å². The number of benzene rings is 1. The van der Waals surface area contributed by atoms with Crippen LogP contribution in [0.1, 0.15) is 50.5 Å². The Hall–Kier alpha value is -2.03. The number of ether oxygens (including phenoxy) is 2. The summed E-state index contributed by atoms with van der Waals surface area (Å²) >= 11 is 0. The highest BCUT2D eigenvalue weighted by molar-refractivity contribution is 5.28. The minimum atomic E-state index is 0.238. The molecule has 2 aromatic rings. The third kappa shape index (κ3) is 5.81. The van der Waals surface area contributed by atoms with Crippen molar-refractivity contribution in [3.8, 4) is 5.75 Å². The van der Waals surface area contributed by atoms with Gasteiger partial charge in [-0.2, -0.15) is 0 Å². The van der Waals surface area contributed by atoms with Crippen LogP contribution in [0.5, 0.6) is 5.75 Å². The summed E-state index contributed by atoms with van der Waals surface area (Å²) < 4.78 is 13.2. The Morgan fingerprint density at radius 2 is 2.03 bits per heavy atom. The lowest BCUT2D eigenvalue weighted by Crippen LogP contribution is -2.48. The number of tetrazole rings is 1. The summed E-state index contributed by atoms with van der Waals surface area (Å²) in [6.45, 7) is 11.2. The maximum atomic E-state index is 5.83. The highest BCUT2D eigenvalue weighted by atomic mass is 16.5. The number of aromatic nitrogens is 4. The van der Waals surface area contributed by atoms with E-state index in [0.717, 1.165) is 76.7 Å².